The first-order valence-corrected chi connectivity index (χ1v) is 14.5. The molecule has 1 aliphatic rings. The van der Waals surface area contributed by atoms with Crippen LogP contribution in [0.5, 0.6) is 0 Å². The quantitative estimate of drug-likeness (QED) is 0.271. The highest BCUT2D eigenvalue weighted by Gasteiger charge is 2.40. The highest BCUT2D eigenvalue weighted by molar-refractivity contribution is 7.92. The molecule has 2 aromatic carbocycles. The summed E-state index contributed by atoms with van der Waals surface area (Å²) in [6.45, 7) is 2.05. The fourth-order valence-electron chi connectivity index (χ4n) is 4.92. The van der Waals surface area contributed by atoms with Gasteiger partial charge >= 0.3 is 5.97 Å². The number of aliphatic hydroxyl groups excluding tert-OH is 1. The Morgan fingerprint density at radius 3 is 2.42 bits per heavy atom. The van der Waals surface area contributed by atoms with Gasteiger partial charge in [0, 0.05) is 18.3 Å². The molecule has 38 heavy (non-hydrogen) atoms. The second kappa shape index (κ2) is 12.3. The Labute approximate surface area is 224 Å². The lowest BCUT2D eigenvalue weighted by Crippen LogP contribution is -2.40. The Balaban J connectivity index is 1.37. The number of hydrogen-bond acceptors (Lipinski definition) is 6. The van der Waals surface area contributed by atoms with E-state index in [0.29, 0.717) is 49.8 Å². The van der Waals surface area contributed by atoms with Gasteiger partial charge in [-0.05, 0) is 73.9 Å². The van der Waals surface area contributed by atoms with Crippen molar-refractivity contribution in [3.05, 3.63) is 101 Å². The van der Waals surface area contributed by atoms with Crippen molar-refractivity contribution in [1.29, 1.82) is 0 Å². The van der Waals surface area contributed by atoms with Gasteiger partial charge in [0.05, 0.1) is 5.57 Å². The van der Waals surface area contributed by atoms with E-state index < -0.39 is 21.6 Å². The molecule has 1 unspecified atom stereocenters. The van der Waals surface area contributed by atoms with E-state index in [-0.39, 0.29) is 10.8 Å². The SMILES string of the molecule is CCCC1(CCc2ccccc2)CC(O)=C(CCCc2cccc(NS(=O)(=O)c3ccccn3)c2)C(=O)O1. The first kappa shape index (κ1) is 27.4. The standard InChI is InChI=1S/C30H34N2O5S/c1-2-18-30(19-17-23-10-4-3-5-11-23)22-27(33)26(29(34)37-30)15-9-13-24-12-8-14-25(21-24)32-38(35,36)28-16-6-7-20-31-28/h3-8,10-12,14,16,20-21,32-33H,2,9,13,15,17-19,22H2,1H3. The molecule has 1 aliphatic heterocycles. The molecule has 0 radical (unpaired) electrons. The lowest BCUT2D eigenvalue weighted by molar-refractivity contribution is -0.161. The van der Waals surface area contributed by atoms with Gasteiger partial charge in [0.15, 0.2) is 5.03 Å². The highest BCUT2D eigenvalue weighted by atomic mass is 32.2. The number of carbonyl (C=O) groups excluding carboxylic acids is 1. The molecule has 2 heterocycles. The molecule has 1 aromatic heterocycles. The van der Waals surface area contributed by atoms with E-state index in [1.807, 2.05) is 24.3 Å². The number of anilines is 1. The number of aromatic nitrogens is 1. The average Bonchev–Trinajstić information content (AvgIpc) is 2.90. The third-order valence-electron chi connectivity index (χ3n) is 6.80. The first-order chi connectivity index (χ1) is 18.3. The summed E-state index contributed by atoms with van der Waals surface area (Å²) in [6, 6.07) is 21.9. The zero-order chi connectivity index (χ0) is 27.0. The Kier molecular flexibility index (Phi) is 8.84. The van der Waals surface area contributed by atoms with E-state index in [9.17, 15) is 18.3 Å². The molecular formula is C30H34N2O5S. The molecule has 8 heteroatoms. The number of rotatable bonds is 12. The van der Waals surface area contributed by atoms with Crippen LogP contribution in [0, 0.1) is 0 Å². The number of nitrogens with one attached hydrogen (secondary N) is 1. The van der Waals surface area contributed by atoms with E-state index in [1.165, 1.54) is 17.8 Å². The number of cyclic esters (lactones) is 1. The van der Waals surface area contributed by atoms with Crippen LogP contribution in [0.3, 0.4) is 0 Å². The van der Waals surface area contributed by atoms with Crippen molar-refractivity contribution in [2.24, 2.45) is 0 Å². The van der Waals surface area contributed by atoms with Gasteiger partial charge in [-0.3, -0.25) is 4.72 Å². The third-order valence-corrected chi connectivity index (χ3v) is 8.09. The summed E-state index contributed by atoms with van der Waals surface area (Å²) in [5.74, 6) is -0.313. The minimum Gasteiger partial charge on any atom is -0.512 e. The van der Waals surface area contributed by atoms with Crippen LogP contribution >= 0.6 is 0 Å². The molecular weight excluding hydrogens is 500 g/mol. The van der Waals surface area contributed by atoms with Crippen LogP contribution < -0.4 is 4.72 Å². The van der Waals surface area contributed by atoms with Crippen LogP contribution in [-0.2, 0) is 32.4 Å². The monoisotopic (exact) mass is 534 g/mol. The molecule has 7 nitrogen and oxygen atoms in total. The number of pyridine rings is 1. The maximum Gasteiger partial charge on any atom is 0.337 e. The molecule has 0 aliphatic carbocycles. The summed E-state index contributed by atoms with van der Waals surface area (Å²) >= 11 is 0. The molecule has 0 spiro atoms. The van der Waals surface area contributed by atoms with Crippen LogP contribution in [-0.4, -0.2) is 30.1 Å². The van der Waals surface area contributed by atoms with E-state index in [0.717, 1.165) is 18.4 Å². The summed E-state index contributed by atoms with van der Waals surface area (Å²) in [6.07, 6.45) is 6.35. The minimum atomic E-state index is -3.78. The van der Waals surface area contributed by atoms with E-state index in [2.05, 4.69) is 28.8 Å². The average molecular weight is 535 g/mol. The maximum absolute atomic E-state index is 13.0. The number of aliphatic hydroxyl groups is 1. The Morgan fingerprint density at radius 1 is 0.947 bits per heavy atom. The van der Waals surface area contributed by atoms with Crippen LogP contribution in [0.1, 0.15) is 56.6 Å². The molecule has 4 rings (SSSR count). The fraction of sp³-hybridized carbons (Fsp3) is 0.333. The summed E-state index contributed by atoms with van der Waals surface area (Å²) < 4.78 is 33.7. The zero-order valence-electron chi connectivity index (χ0n) is 21.6. The smallest absolute Gasteiger partial charge is 0.337 e. The van der Waals surface area contributed by atoms with Gasteiger partial charge in [0.1, 0.15) is 11.4 Å². The molecule has 3 aromatic rings. The van der Waals surface area contributed by atoms with Gasteiger partial charge in [-0.15, -0.1) is 0 Å². The lowest BCUT2D eigenvalue weighted by atomic mass is 9.83. The zero-order valence-corrected chi connectivity index (χ0v) is 22.4. The van der Waals surface area contributed by atoms with Crippen molar-refractivity contribution in [2.75, 3.05) is 4.72 Å². The van der Waals surface area contributed by atoms with Crippen molar-refractivity contribution in [2.45, 2.75) is 68.9 Å². The Bertz CT molecular complexity index is 1370. The number of sulfonamides is 1. The molecule has 0 amide bonds. The Morgan fingerprint density at radius 2 is 1.71 bits per heavy atom. The normalized spacial score (nSPS) is 17.8. The van der Waals surface area contributed by atoms with Gasteiger partial charge in [0.25, 0.3) is 10.0 Å². The van der Waals surface area contributed by atoms with Crippen molar-refractivity contribution in [3.63, 3.8) is 0 Å². The number of esters is 1. The third kappa shape index (κ3) is 7.01. The van der Waals surface area contributed by atoms with Gasteiger partial charge in [0.2, 0.25) is 0 Å². The number of benzene rings is 2. The first-order valence-electron chi connectivity index (χ1n) is 13.0. The van der Waals surface area contributed by atoms with Crippen LogP contribution in [0.4, 0.5) is 5.69 Å². The molecule has 200 valence electrons. The topological polar surface area (TPSA) is 106 Å². The van der Waals surface area contributed by atoms with E-state index >= 15 is 0 Å². The number of nitrogens with zero attached hydrogens (tertiary/aromatic N) is 1. The van der Waals surface area contributed by atoms with Crippen LogP contribution in [0.2, 0.25) is 0 Å². The number of aryl methyl sites for hydroxylation is 2. The van der Waals surface area contributed by atoms with Crippen molar-refractivity contribution < 1.29 is 23.1 Å². The van der Waals surface area contributed by atoms with E-state index in [1.54, 1.807) is 30.3 Å². The maximum atomic E-state index is 13.0. The van der Waals surface area contributed by atoms with Gasteiger partial charge in [-0.1, -0.05) is 61.9 Å². The molecule has 0 bridgehead atoms. The van der Waals surface area contributed by atoms with Crippen molar-refractivity contribution >= 4 is 21.7 Å². The van der Waals surface area contributed by atoms with Crippen molar-refractivity contribution in [3.8, 4) is 0 Å². The van der Waals surface area contributed by atoms with Crippen LogP contribution in [0.25, 0.3) is 0 Å². The molecule has 2 N–H and O–H groups in total. The van der Waals surface area contributed by atoms with Gasteiger partial charge in [-0.25, -0.2) is 9.78 Å². The molecule has 0 saturated heterocycles. The second-order valence-corrected chi connectivity index (χ2v) is 11.4. The number of carbonyl (C=O) groups is 1. The predicted octanol–water partition coefficient (Wildman–Crippen LogP) is 6.14. The fourth-order valence-corrected chi connectivity index (χ4v) is 5.92. The minimum absolute atomic E-state index is 0.0495. The summed E-state index contributed by atoms with van der Waals surface area (Å²) in [5.41, 5.74) is 2.18. The predicted molar refractivity (Wildman–Crippen MR) is 147 cm³/mol. The highest BCUT2D eigenvalue weighted by Crippen LogP contribution is 2.38. The summed E-state index contributed by atoms with van der Waals surface area (Å²) in [7, 11) is -3.78. The summed E-state index contributed by atoms with van der Waals surface area (Å²) in [5, 5.41) is 10.8. The molecule has 1 atom stereocenters. The molecule has 0 saturated carbocycles. The van der Waals surface area contributed by atoms with Gasteiger partial charge < -0.3 is 9.84 Å². The molecule has 0 fully saturated rings. The Hall–Kier alpha value is -3.65. The summed E-state index contributed by atoms with van der Waals surface area (Å²) in [4.78, 5) is 16.9. The van der Waals surface area contributed by atoms with Crippen molar-refractivity contribution in [1.82, 2.24) is 4.98 Å². The van der Waals surface area contributed by atoms with Crippen LogP contribution in [0.15, 0.2) is 95.4 Å². The second-order valence-electron chi connectivity index (χ2n) is 9.74. The lowest BCUT2D eigenvalue weighted by Gasteiger charge is -2.37. The van der Waals surface area contributed by atoms with Gasteiger partial charge in [-0.2, -0.15) is 8.42 Å². The number of ether oxygens (including phenoxy) is 1. The largest absolute Gasteiger partial charge is 0.512 e. The van der Waals surface area contributed by atoms with E-state index in [4.69, 9.17) is 4.74 Å². The number of hydrogen-bond donors (Lipinski definition) is 2.